The second kappa shape index (κ2) is 7.75. The summed E-state index contributed by atoms with van der Waals surface area (Å²) >= 11 is 1.72. The van der Waals surface area contributed by atoms with Gasteiger partial charge in [-0.05, 0) is 52.3 Å². The van der Waals surface area contributed by atoms with Crippen molar-refractivity contribution in [1.82, 2.24) is 10.6 Å². The molecule has 0 saturated carbocycles. The number of carbonyl (C=O) groups is 1. The van der Waals surface area contributed by atoms with Crippen LogP contribution in [-0.2, 0) is 24.2 Å². The number of carbonyl (C=O) groups excluding carboxylic acids is 1. The van der Waals surface area contributed by atoms with Crippen LogP contribution >= 0.6 is 11.3 Å². The molecule has 3 rings (SSSR count). The fraction of sp³-hybridized carbons (Fsp3) is 0.421. The second-order valence-corrected chi connectivity index (χ2v) is 7.28. The van der Waals surface area contributed by atoms with Crippen LogP contribution < -0.4 is 10.6 Å². The molecule has 0 saturated heterocycles. The third-order valence-electron chi connectivity index (χ3n) is 4.41. The Kier molecular flexibility index (Phi) is 5.47. The van der Waals surface area contributed by atoms with Gasteiger partial charge >= 0.3 is 0 Å². The molecule has 2 atom stereocenters. The smallest absolute Gasteiger partial charge is 0.220 e. The predicted molar refractivity (Wildman–Crippen MR) is 95.6 cm³/mol. The molecule has 2 aromatic rings. The van der Waals surface area contributed by atoms with Gasteiger partial charge in [0.2, 0.25) is 5.91 Å². The van der Waals surface area contributed by atoms with Gasteiger partial charge < -0.3 is 10.6 Å². The summed E-state index contributed by atoms with van der Waals surface area (Å²) in [4.78, 5) is 12.1. The Hall–Kier alpha value is -1.65. The Labute approximate surface area is 142 Å². The van der Waals surface area contributed by atoms with Crippen LogP contribution in [-0.4, -0.2) is 18.5 Å². The summed E-state index contributed by atoms with van der Waals surface area (Å²) in [5.41, 5.74) is 4.11. The summed E-state index contributed by atoms with van der Waals surface area (Å²) in [5, 5.41) is 10.9. The number of amides is 1. The third-order valence-corrected chi connectivity index (χ3v) is 5.14. The molecule has 2 N–H and O–H groups in total. The number of benzene rings is 1. The van der Waals surface area contributed by atoms with Crippen LogP contribution in [0.1, 0.15) is 30.0 Å². The molecule has 1 aliphatic rings. The highest BCUT2D eigenvalue weighted by molar-refractivity contribution is 7.07. The van der Waals surface area contributed by atoms with E-state index >= 15 is 0 Å². The molecule has 0 radical (unpaired) electrons. The van der Waals surface area contributed by atoms with E-state index in [1.54, 1.807) is 11.3 Å². The largest absolute Gasteiger partial charge is 0.355 e. The van der Waals surface area contributed by atoms with Gasteiger partial charge in [0.05, 0.1) is 0 Å². The molecule has 0 fully saturated rings. The first-order valence-corrected chi connectivity index (χ1v) is 9.23. The standard InChI is InChI=1S/C19H24N2OS/c1-14(8-15-6-7-23-13-15)9-19(22)21-12-18-10-16-4-2-3-5-17(16)11-20-18/h2-7,13-14,18,20H,8-12H2,1H3,(H,21,22)/t14-,18?/m0/s1. The molecule has 2 heterocycles. The maximum Gasteiger partial charge on any atom is 0.220 e. The summed E-state index contributed by atoms with van der Waals surface area (Å²) in [6.45, 7) is 3.75. The van der Waals surface area contributed by atoms with Crippen molar-refractivity contribution in [2.24, 2.45) is 5.92 Å². The minimum Gasteiger partial charge on any atom is -0.355 e. The summed E-state index contributed by atoms with van der Waals surface area (Å²) in [6, 6.07) is 11.0. The summed E-state index contributed by atoms with van der Waals surface area (Å²) in [5.74, 6) is 0.540. The average Bonchev–Trinajstić information content (AvgIpc) is 3.05. The molecule has 122 valence electrons. The Morgan fingerprint density at radius 1 is 1.35 bits per heavy atom. The van der Waals surface area contributed by atoms with E-state index in [0.717, 1.165) is 19.4 Å². The van der Waals surface area contributed by atoms with E-state index in [2.05, 4.69) is 58.6 Å². The van der Waals surface area contributed by atoms with E-state index in [-0.39, 0.29) is 5.91 Å². The lowest BCUT2D eigenvalue weighted by Crippen LogP contribution is -2.44. The van der Waals surface area contributed by atoms with Crippen LogP contribution in [0.2, 0.25) is 0 Å². The third kappa shape index (κ3) is 4.66. The molecule has 23 heavy (non-hydrogen) atoms. The Morgan fingerprint density at radius 3 is 2.96 bits per heavy atom. The lowest BCUT2D eigenvalue weighted by atomic mass is 9.95. The van der Waals surface area contributed by atoms with Gasteiger partial charge in [-0.3, -0.25) is 4.79 Å². The summed E-state index contributed by atoms with van der Waals surface area (Å²) < 4.78 is 0. The van der Waals surface area contributed by atoms with Crippen LogP contribution in [0, 0.1) is 5.92 Å². The van der Waals surface area contributed by atoms with Gasteiger partial charge in [-0.1, -0.05) is 31.2 Å². The van der Waals surface area contributed by atoms with E-state index in [4.69, 9.17) is 0 Å². The highest BCUT2D eigenvalue weighted by atomic mass is 32.1. The lowest BCUT2D eigenvalue weighted by molar-refractivity contribution is -0.122. The van der Waals surface area contributed by atoms with Crippen LogP contribution in [0.5, 0.6) is 0 Å². The molecule has 1 unspecified atom stereocenters. The first-order chi connectivity index (χ1) is 11.2. The highest BCUT2D eigenvalue weighted by Gasteiger charge is 2.18. The van der Waals surface area contributed by atoms with Crippen molar-refractivity contribution in [2.75, 3.05) is 6.54 Å². The minimum atomic E-state index is 0.161. The SMILES string of the molecule is C[C@H](CC(=O)NCC1Cc2ccccc2CN1)Cc1ccsc1. The quantitative estimate of drug-likeness (QED) is 0.855. The first kappa shape index (κ1) is 16.2. The molecule has 0 bridgehead atoms. The fourth-order valence-electron chi connectivity index (χ4n) is 3.17. The van der Waals surface area contributed by atoms with Crippen molar-refractivity contribution in [3.05, 3.63) is 57.8 Å². The molecule has 4 heteroatoms. The van der Waals surface area contributed by atoms with Crippen molar-refractivity contribution in [3.8, 4) is 0 Å². The van der Waals surface area contributed by atoms with E-state index in [9.17, 15) is 4.79 Å². The average molecular weight is 328 g/mol. The number of thiophene rings is 1. The van der Waals surface area contributed by atoms with Gasteiger partial charge in [-0.25, -0.2) is 0 Å². The lowest BCUT2D eigenvalue weighted by Gasteiger charge is -2.26. The zero-order chi connectivity index (χ0) is 16.1. The van der Waals surface area contributed by atoms with Gasteiger partial charge in [-0.15, -0.1) is 0 Å². The molecule has 0 aliphatic carbocycles. The first-order valence-electron chi connectivity index (χ1n) is 8.28. The van der Waals surface area contributed by atoms with Crippen molar-refractivity contribution in [2.45, 2.75) is 38.8 Å². The fourth-order valence-corrected chi connectivity index (χ4v) is 3.86. The number of hydrogen-bond acceptors (Lipinski definition) is 3. The van der Waals surface area contributed by atoms with Crippen LogP contribution in [0.3, 0.4) is 0 Å². The van der Waals surface area contributed by atoms with Crippen molar-refractivity contribution < 1.29 is 4.79 Å². The molecule has 1 aromatic carbocycles. The number of rotatable bonds is 6. The van der Waals surface area contributed by atoms with Gasteiger partial charge in [0.25, 0.3) is 0 Å². The van der Waals surface area contributed by atoms with Gasteiger partial charge in [0, 0.05) is 25.6 Å². The Morgan fingerprint density at radius 2 is 2.17 bits per heavy atom. The molecular formula is C19H24N2OS. The topological polar surface area (TPSA) is 41.1 Å². The zero-order valence-electron chi connectivity index (χ0n) is 13.5. The van der Waals surface area contributed by atoms with Crippen LogP contribution in [0.15, 0.2) is 41.1 Å². The van der Waals surface area contributed by atoms with E-state index in [1.165, 1.54) is 16.7 Å². The molecule has 1 amide bonds. The molecule has 0 spiro atoms. The predicted octanol–water partition coefficient (Wildman–Crippen LogP) is 3.15. The van der Waals surface area contributed by atoms with Gasteiger partial charge in [0.15, 0.2) is 0 Å². The second-order valence-electron chi connectivity index (χ2n) is 6.50. The normalized spacial score (nSPS) is 18.2. The summed E-state index contributed by atoms with van der Waals surface area (Å²) in [6.07, 6.45) is 2.56. The zero-order valence-corrected chi connectivity index (χ0v) is 14.4. The minimum absolute atomic E-state index is 0.161. The highest BCUT2D eigenvalue weighted by Crippen LogP contribution is 2.16. The van der Waals surface area contributed by atoms with Gasteiger partial charge in [-0.2, -0.15) is 11.3 Å². The Bertz CT molecular complexity index is 639. The molecular weight excluding hydrogens is 304 g/mol. The Balaban J connectivity index is 1.41. The summed E-state index contributed by atoms with van der Waals surface area (Å²) in [7, 11) is 0. The molecule has 1 aromatic heterocycles. The van der Waals surface area contributed by atoms with E-state index < -0.39 is 0 Å². The van der Waals surface area contributed by atoms with E-state index in [0.29, 0.717) is 24.9 Å². The van der Waals surface area contributed by atoms with Crippen molar-refractivity contribution in [3.63, 3.8) is 0 Å². The molecule has 1 aliphatic heterocycles. The monoisotopic (exact) mass is 328 g/mol. The number of fused-ring (bicyclic) bond motifs is 1. The van der Waals surface area contributed by atoms with Crippen LogP contribution in [0.4, 0.5) is 0 Å². The molecule has 3 nitrogen and oxygen atoms in total. The maximum absolute atomic E-state index is 12.1. The van der Waals surface area contributed by atoms with Crippen LogP contribution in [0.25, 0.3) is 0 Å². The van der Waals surface area contributed by atoms with E-state index in [1.807, 2.05) is 0 Å². The maximum atomic E-state index is 12.1. The van der Waals surface area contributed by atoms with Gasteiger partial charge in [0.1, 0.15) is 0 Å². The number of nitrogens with one attached hydrogen (secondary N) is 2. The number of hydrogen-bond donors (Lipinski definition) is 2. The van der Waals surface area contributed by atoms with Crippen molar-refractivity contribution >= 4 is 17.2 Å². The van der Waals surface area contributed by atoms with Crippen molar-refractivity contribution in [1.29, 1.82) is 0 Å².